The SMILES string of the molecule is CC(C)C[C@H](NC(=O)CNC(=O)[C@H](CCCCN)NCCCc1ccccc1)C(N)=O.CCC. The molecule has 0 aromatic heterocycles. The summed E-state index contributed by atoms with van der Waals surface area (Å²) in [4.78, 5) is 36.3. The Morgan fingerprint density at radius 1 is 0.971 bits per heavy atom. The molecule has 8 nitrogen and oxygen atoms in total. The highest BCUT2D eigenvalue weighted by Crippen LogP contribution is 2.05. The Kier molecular flexibility index (Phi) is 18.5. The second kappa shape index (κ2) is 20.0. The lowest BCUT2D eigenvalue weighted by molar-refractivity contribution is -0.129. The second-order valence-corrected chi connectivity index (χ2v) is 8.96. The third kappa shape index (κ3) is 16.2. The molecule has 2 atom stereocenters. The van der Waals surface area contributed by atoms with E-state index in [-0.39, 0.29) is 18.4 Å². The number of unbranched alkanes of at least 4 members (excludes halogenated alkanes) is 1. The van der Waals surface area contributed by atoms with Crippen molar-refractivity contribution >= 4 is 17.7 Å². The first-order valence-corrected chi connectivity index (χ1v) is 12.6. The van der Waals surface area contributed by atoms with Crippen LogP contribution in [0.5, 0.6) is 0 Å². The maximum absolute atomic E-state index is 12.6. The largest absolute Gasteiger partial charge is 0.368 e. The van der Waals surface area contributed by atoms with Crippen LogP contribution in [-0.2, 0) is 20.8 Å². The van der Waals surface area contributed by atoms with Crippen LogP contribution in [0.3, 0.4) is 0 Å². The number of aryl methyl sites for hydroxylation is 1. The van der Waals surface area contributed by atoms with E-state index >= 15 is 0 Å². The van der Waals surface area contributed by atoms with Gasteiger partial charge in [-0.3, -0.25) is 14.4 Å². The Morgan fingerprint density at radius 2 is 1.62 bits per heavy atom. The zero-order chi connectivity index (χ0) is 25.8. The van der Waals surface area contributed by atoms with E-state index in [0.717, 1.165) is 25.7 Å². The van der Waals surface area contributed by atoms with Crippen molar-refractivity contribution in [3.63, 3.8) is 0 Å². The van der Waals surface area contributed by atoms with Crippen molar-refractivity contribution in [2.75, 3.05) is 19.6 Å². The summed E-state index contributed by atoms with van der Waals surface area (Å²) >= 11 is 0. The number of primary amides is 1. The third-order valence-corrected chi connectivity index (χ3v) is 4.95. The molecule has 0 saturated heterocycles. The molecule has 0 bridgehead atoms. The molecular formula is C26H47N5O3. The number of hydrogen-bond donors (Lipinski definition) is 5. The van der Waals surface area contributed by atoms with Gasteiger partial charge in [0.05, 0.1) is 12.6 Å². The molecule has 1 aromatic carbocycles. The summed E-state index contributed by atoms with van der Waals surface area (Å²) in [7, 11) is 0. The first-order chi connectivity index (χ1) is 16.2. The van der Waals surface area contributed by atoms with Gasteiger partial charge in [0.2, 0.25) is 17.7 Å². The molecule has 0 unspecified atom stereocenters. The normalized spacial score (nSPS) is 12.3. The summed E-state index contributed by atoms with van der Waals surface area (Å²) in [6, 6.07) is 9.07. The third-order valence-electron chi connectivity index (χ3n) is 4.95. The minimum Gasteiger partial charge on any atom is -0.368 e. The Balaban J connectivity index is 0.00000343. The van der Waals surface area contributed by atoms with Crippen LogP contribution >= 0.6 is 0 Å². The van der Waals surface area contributed by atoms with Crippen molar-refractivity contribution in [1.29, 1.82) is 0 Å². The Labute approximate surface area is 206 Å². The van der Waals surface area contributed by atoms with E-state index < -0.39 is 23.9 Å². The number of amides is 3. The van der Waals surface area contributed by atoms with E-state index in [1.807, 2.05) is 32.0 Å². The topological polar surface area (TPSA) is 139 Å². The average molecular weight is 478 g/mol. The van der Waals surface area contributed by atoms with Crippen molar-refractivity contribution in [2.45, 2.75) is 84.7 Å². The standard InChI is InChI=1S/C23H39N5O3.C3H8/c1-17(2)15-20(22(25)30)28-21(29)16-27-23(31)19(12-6-7-13-24)26-14-8-11-18-9-4-3-5-10-18;1-3-2/h3-5,9-10,17,19-20,26H,6-8,11-16,24H2,1-2H3,(H2,25,30)(H,27,31)(H,28,29);3H2,1-2H3/t19-,20-;/m0./s1. The Morgan fingerprint density at radius 3 is 2.18 bits per heavy atom. The lowest BCUT2D eigenvalue weighted by atomic mass is 10.0. The molecule has 0 aliphatic rings. The molecule has 0 aliphatic carbocycles. The lowest BCUT2D eigenvalue weighted by Crippen LogP contribution is -2.51. The minimum atomic E-state index is -0.735. The van der Waals surface area contributed by atoms with Crippen LogP contribution in [0.2, 0.25) is 0 Å². The van der Waals surface area contributed by atoms with E-state index in [2.05, 4.69) is 41.9 Å². The van der Waals surface area contributed by atoms with Gasteiger partial charge in [-0.05, 0) is 56.7 Å². The lowest BCUT2D eigenvalue weighted by Gasteiger charge is -2.20. The predicted octanol–water partition coefficient (Wildman–Crippen LogP) is 2.26. The molecule has 1 aromatic rings. The van der Waals surface area contributed by atoms with E-state index in [1.54, 1.807) is 0 Å². The van der Waals surface area contributed by atoms with Crippen molar-refractivity contribution in [3.05, 3.63) is 35.9 Å². The number of hydrogen-bond acceptors (Lipinski definition) is 5. The zero-order valence-electron chi connectivity index (χ0n) is 21.6. The molecular weight excluding hydrogens is 430 g/mol. The summed E-state index contributed by atoms with van der Waals surface area (Å²) in [5.74, 6) is -1.03. The van der Waals surface area contributed by atoms with Gasteiger partial charge in [-0.2, -0.15) is 0 Å². The number of nitrogens with two attached hydrogens (primary N) is 2. The molecule has 0 saturated carbocycles. The van der Waals surface area contributed by atoms with E-state index in [0.29, 0.717) is 25.9 Å². The molecule has 194 valence electrons. The van der Waals surface area contributed by atoms with Crippen LogP contribution in [0.1, 0.15) is 71.8 Å². The fourth-order valence-electron chi connectivity index (χ4n) is 3.29. The second-order valence-electron chi connectivity index (χ2n) is 8.96. The van der Waals surface area contributed by atoms with Crippen LogP contribution in [0, 0.1) is 5.92 Å². The van der Waals surface area contributed by atoms with E-state index in [1.165, 1.54) is 12.0 Å². The number of carbonyl (C=O) groups is 3. The summed E-state index contributed by atoms with van der Waals surface area (Å²) in [5, 5.41) is 8.57. The quantitative estimate of drug-likeness (QED) is 0.232. The fourth-order valence-corrected chi connectivity index (χ4v) is 3.29. The summed E-state index contributed by atoms with van der Waals surface area (Å²) in [6.07, 6.45) is 5.85. The van der Waals surface area contributed by atoms with Gasteiger partial charge in [0.25, 0.3) is 0 Å². The number of carbonyl (C=O) groups excluding carboxylic acids is 3. The van der Waals surface area contributed by atoms with Crippen molar-refractivity contribution < 1.29 is 14.4 Å². The first kappa shape index (κ1) is 31.6. The number of benzene rings is 1. The van der Waals surface area contributed by atoms with Crippen LogP contribution < -0.4 is 27.4 Å². The fraction of sp³-hybridized carbons (Fsp3) is 0.654. The van der Waals surface area contributed by atoms with Crippen LogP contribution in [-0.4, -0.2) is 49.4 Å². The monoisotopic (exact) mass is 477 g/mol. The van der Waals surface area contributed by atoms with Gasteiger partial charge in [0, 0.05) is 0 Å². The number of nitrogens with one attached hydrogen (secondary N) is 3. The maximum atomic E-state index is 12.6. The van der Waals surface area contributed by atoms with Gasteiger partial charge >= 0.3 is 0 Å². The molecule has 0 spiro atoms. The molecule has 8 heteroatoms. The predicted molar refractivity (Wildman–Crippen MR) is 139 cm³/mol. The molecule has 0 radical (unpaired) electrons. The smallest absolute Gasteiger partial charge is 0.240 e. The highest BCUT2D eigenvalue weighted by atomic mass is 16.2. The summed E-state index contributed by atoms with van der Waals surface area (Å²) in [6.45, 7) is 9.22. The molecule has 0 aliphatic heterocycles. The zero-order valence-corrected chi connectivity index (χ0v) is 21.6. The molecule has 0 fully saturated rings. The van der Waals surface area contributed by atoms with Gasteiger partial charge in [-0.15, -0.1) is 0 Å². The van der Waals surface area contributed by atoms with Crippen molar-refractivity contribution in [3.8, 4) is 0 Å². The van der Waals surface area contributed by atoms with Crippen molar-refractivity contribution in [1.82, 2.24) is 16.0 Å². The van der Waals surface area contributed by atoms with Gasteiger partial charge in [-0.1, -0.05) is 70.9 Å². The van der Waals surface area contributed by atoms with Gasteiger partial charge in [0.15, 0.2) is 0 Å². The molecule has 7 N–H and O–H groups in total. The van der Waals surface area contributed by atoms with Gasteiger partial charge in [0.1, 0.15) is 6.04 Å². The molecule has 34 heavy (non-hydrogen) atoms. The van der Waals surface area contributed by atoms with E-state index in [4.69, 9.17) is 11.5 Å². The Hall–Kier alpha value is -2.45. The highest BCUT2D eigenvalue weighted by molar-refractivity contribution is 5.90. The highest BCUT2D eigenvalue weighted by Gasteiger charge is 2.21. The minimum absolute atomic E-state index is 0.195. The summed E-state index contributed by atoms with van der Waals surface area (Å²) < 4.78 is 0. The average Bonchev–Trinajstić information content (AvgIpc) is 2.79. The molecule has 3 amide bonds. The molecule has 1 rings (SSSR count). The number of rotatable bonds is 16. The van der Waals surface area contributed by atoms with Crippen LogP contribution in [0.25, 0.3) is 0 Å². The van der Waals surface area contributed by atoms with Crippen LogP contribution in [0.4, 0.5) is 0 Å². The van der Waals surface area contributed by atoms with Crippen molar-refractivity contribution in [2.24, 2.45) is 17.4 Å². The molecule has 0 heterocycles. The maximum Gasteiger partial charge on any atom is 0.240 e. The van der Waals surface area contributed by atoms with Gasteiger partial charge < -0.3 is 27.4 Å². The Bertz CT molecular complexity index is 682. The van der Waals surface area contributed by atoms with E-state index in [9.17, 15) is 14.4 Å². The van der Waals surface area contributed by atoms with Crippen LogP contribution in [0.15, 0.2) is 30.3 Å². The first-order valence-electron chi connectivity index (χ1n) is 12.6. The summed E-state index contributed by atoms with van der Waals surface area (Å²) in [5.41, 5.74) is 12.2. The van der Waals surface area contributed by atoms with Gasteiger partial charge in [-0.25, -0.2) is 0 Å².